The van der Waals surface area contributed by atoms with Crippen LogP contribution in [0.1, 0.15) is 31.2 Å². The Hall–Kier alpha value is -1.39. The van der Waals surface area contributed by atoms with Crippen LogP contribution in [0.15, 0.2) is 30.3 Å². The predicted molar refractivity (Wildman–Crippen MR) is 79.5 cm³/mol. The largest absolute Gasteiger partial charge is 0.396 e. The molecule has 1 aliphatic heterocycles. The minimum atomic E-state index is -0.375. The quantitative estimate of drug-likeness (QED) is 0.870. The second-order valence-electron chi connectivity index (χ2n) is 6.29. The zero-order valence-corrected chi connectivity index (χ0v) is 12.3. The van der Waals surface area contributed by atoms with Crippen molar-refractivity contribution in [1.82, 2.24) is 5.32 Å². The zero-order valence-electron chi connectivity index (χ0n) is 12.3. The molecular weight excluding hydrogens is 266 g/mol. The van der Waals surface area contributed by atoms with Gasteiger partial charge in [0.1, 0.15) is 0 Å². The molecule has 1 atom stereocenters. The summed E-state index contributed by atoms with van der Waals surface area (Å²) in [5, 5.41) is 12.4. The number of benzene rings is 1. The second-order valence-corrected chi connectivity index (χ2v) is 6.29. The summed E-state index contributed by atoms with van der Waals surface area (Å²) in [7, 11) is 0. The average molecular weight is 289 g/mol. The van der Waals surface area contributed by atoms with Gasteiger partial charge in [-0.3, -0.25) is 4.79 Å². The zero-order chi connectivity index (χ0) is 14.8. The molecule has 1 aliphatic carbocycles. The first-order valence-electron chi connectivity index (χ1n) is 7.73. The molecule has 4 nitrogen and oxygen atoms in total. The number of aliphatic hydroxyl groups is 1. The Morgan fingerprint density at radius 3 is 2.62 bits per heavy atom. The fraction of sp³-hybridized carbons (Fsp3) is 0.588. The van der Waals surface area contributed by atoms with Crippen molar-refractivity contribution in [3.63, 3.8) is 0 Å². The van der Waals surface area contributed by atoms with Crippen LogP contribution in [0, 0.1) is 10.8 Å². The van der Waals surface area contributed by atoms with Gasteiger partial charge in [0.2, 0.25) is 5.91 Å². The molecule has 21 heavy (non-hydrogen) atoms. The summed E-state index contributed by atoms with van der Waals surface area (Å²) in [5.41, 5.74) is 0.793. The summed E-state index contributed by atoms with van der Waals surface area (Å²) in [6.45, 7) is 2.10. The molecule has 1 spiro atoms. The first-order valence-corrected chi connectivity index (χ1v) is 7.73. The van der Waals surface area contributed by atoms with Crippen molar-refractivity contribution in [3.8, 4) is 0 Å². The summed E-state index contributed by atoms with van der Waals surface area (Å²) >= 11 is 0. The van der Waals surface area contributed by atoms with Crippen LogP contribution in [0.5, 0.6) is 0 Å². The van der Waals surface area contributed by atoms with Crippen LogP contribution in [0.3, 0.4) is 0 Å². The van der Waals surface area contributed by atoms with Crippen LogP contribution in [-0.4, -0.2) is 30.8 Å². The molecule has 1 saturated carbocycles. The molecule has 1 saturated heterocycles. The van der Waals surface area contributed by atoms with Crippen LogP contribution in [0.4, 0.5) is 0 Å². The van der Waals surface area contributed by atoms with E-state index in [0.717, 1.165) is 38.0 Å². The Labute approximate surface area is 125 Å². The van der Waals surface area contributed by atoms with Crippen molar-refractivity contribution in [2.45, 2.75) is 32.2 Å². The number of aliphatic hydroxyl groups excluding tert-OH is 1. The van der Waals surface area contributed by atoms with Gasteiger partial charge in [0.05, 0.1) is 5.41 Å². The second kappa shape index (κ2) is 5.78. The lowest BCUT2D eigenvalue weighted by Crippen LogP contribution is -2.37. The summed E-state index contributed by atoms with van der Waals surface area (Å²) in [4.78, 5) is 12.7. The average Bonchev–Trinajstić information content (AvgIpc) is 3.14. The van der Waals surface area contributed by atoms with Crippen molar-refractivity contribution in [2.24, 2.45) is 10.8 Å². The van der Waals surface area contributed by atoms with E-state index in [1.807, 2.05) is 30.3 Å². The standard InChI is InChI=1S/C17H23NO3/c19-9-6-17(13-16(17)7-10-21-11-8-16)15(20)18-12-14-4-2-1-3-5-14/h1-5,19H,6-13H2,(H,18,20). The molecule has 4 heteroatoms. The van der Waals surface area contributed by atoms with Crippen molar-refractivity contribution < 1.29 is 14.6 Å². The number of nitrogens with one attached hydrogen (secondary N) is 1. The minimum Gasteiger partial charge on any atom is -0.396 e. The van der Waals surface area contributed by atoms with Gasteiger partial charge in [-0.15, -0.1) is 0 Å². The van der Waals surface area contributed by atoms with Gasteiger partial charge in [-0.05, 0) is 36.7 Å². The Balaban J connectivity index is 1.66. The van der Waals surface area contributed by atoms with E-state index in [1.165, 1.54) is 0 Å². The first-order chi connectivity index (χ1) is 10.2. The molecule has 1 aromatic rings. The van der Waals surface area contributed by atoms with E-state index >= 15 is 0 Å². The third-order valence-corrected chi connectivity index (χ3v) is 5.25. The van der Waals surface area contributed by atoms with E-state index in [9.17, 15) is 9.90 Å². The van der Waals surface area contributed by atoms with Gasteiger partial charge in [-0.25, -0.2) is 0 Å². The number of amides is 1. The number of carbonyl (C=O) groups is 1. The van der Waals surface area contributed by atoms with Gasteiger partial charge in [-0.1, -0.05) is 30.3 Å². The fourth-order valence-corrected chi connectivity index (χ4v) is 3.88. The molecule has 2 aliphatic rings. The number of ether oxygens (including phenoxy) is 1. The van der Waals surface area contributed by atoms with Gasteiger partial charge in [0.15, 0.2) is 0 Å². The molecular formula is C17H23NO3. The number of carbonyl (C=O) groups excluding carboxylic acids is 1. The van der Waals surface area contributed by atoms with Gasteiger partial charge in [0, 0.05) is 26.4 Å². The fourth-order valence-electron chi connectivity index (χ4n) is 3.88. The Kier molecular flexibility index (Phi) is 4.00. The Bertz CT molecular complexity index is 496. The van der Waals surface area contributed by atoms with Crippen LogP contribution in [0.2, 0.25) is 0 Å². The molecule has 0 aromatic heterocycles. The van der Waals surface area contributed by atoms with E-state index in [0.29, 0.717) is 13.0 Å². The van der Waals surface area contributed by atoms with Gasteiger partial charge in [0.25, 0.3) is 0 Å². The smallest absolute Gasteiger partial charge is 0.227 e. The molecule has 2 fully saturated rings. The van der Waals surface area contributed by atoms with Crippen LogP contribution < -0.4 is 5.32 Å². The lowest BCUT2D eigenvalue weighted by molar-refractivity contribution is -0.129. The molecule has 3 rings (SSSR count). The lowest BCUT2D eigenvalue weighted by Gasteiger charge is -2.28. The molecule has 1 heterocycles. The minimum absolute atomic E-state index is 0.0642. The van der Waals surface area contributed by atoms with Crippen molar-refractivity contribution >= 4 is 5.91 Å². The maximum Gasteiger partial charge on any atom is 0.227 e. The summed E-state index contributed by atoms with van der Waals surface area (Å²) in [5.74, 6) is 0.0994. The monoisotopic (exact) mass is 289 g/mol. The van der Waals surface area contributed by atoms with Crippen LogP contribution in [-0.2, 0) is 16.1 Å². The normalized spacial score (nSPS) is 26.5. The SMILES string of the molecule is O=C(NCc1ccccc1)C1(CCO)CC12CCOCC2. The highest BCUT2D eigenvalue weighted by Gasteiger charge is 2.70. The molecule has 0 radical (unpaired) electrons. The molecule has 1 amide bonds. The van der Waals surface area contributed by atoms with Crippen molar-refractivity contribution in [1.29, 1.82) is 0 Å². The predicted octanol–water partition coefficient (Wildman–Crippen LogP) is 1.87. The third kappa shape index (κ3) is 2.58. The molecule has 1 unspecified atom stereocenters. The van der Waals surface area contributed by atoms with Crippen molar-refractivity contribution in [2.75, 3.05) is 19.8 Å². The lowest BCUT2D eigenvalue weighted by atomic mass is 9.83. The third-order valence-electron chi connectivity index (χ3n) is 5.25. The van der Waals surface area contributed by atoms with Gasteiger partial charge < -0.3 is 15.2 Å². The van der Waals surface area contributed by atoms with Crippen LogP contribution >= 0.6 is 0 Å². The number of rotatable bonds is 5. The van der Waals surface area contributed by atoms with Gasteiger partial charge in [-0.2, -0.15) is 0 Å². The highest BCUT2D eigenvalue weighted by molar-refractivity contribution is 5.87. The summed E-state index contributed by atoms with van der Waals surface area (Å²) < 4.78 is 5.43. The van der Waals surface area contributed by atoms with E-state index in [1.54, 1.807) is 0 Å². The highest BCUT2D eigenvalue weighted by atomic mass is 16.5. The van der Waals surface area contributed by atoms with E-state index in [-0.39, 0.29) is 23.3 Å². The van der Waals surface area contributed by atoms with E-state index in [4.69, 9.17) is 4.74 Å². The maximum absolute atomic E-state index is 12.7. The number of hydrogen-bond donors (Lipinski definition) is 2. The summed E-state index contributed by atoms with van der Waals surface area (Å²) in [6.07, 6.45) is 3.33. The van der Waals surface area contributed by atoms with Gasteiger partial charge >= 0.3 is 0 Å². The molecule has 1 aromatic carbocycles. The molecule has 2 N–H and O–H groups in total. The molecule has 0 bridgehead atoms. The Morgan fingerprint density at radius 2 is 1.95 bits per heavy atom. The first kappa shape index (κ1) is 14.5. The molecule has 114 valence electrons. The highest BCUT2D eigenvalue weighted by Crippen LogP contribution is 2.70. The maximum atomic E-state index is 12.7. The van der Waals surface area contributed by atoms with E-state index < -0.39 is 0 Å². The van der Waals surface area contributed by atoms with Crippen LogP contribution in [0.25, 0.3) is 0 Å². The topological polar surface area (TPSA) is 58.6 Å². The summed E-state index contributed by atoms with van der Waals surface area (Å²) in [6, 6.07) is 9.94. The Morgan fingerprint density at radius 1 is 1.24 bits per heavy atom. The number of hydrogen-bond acceptors (Lipinski definition) is 3. The van der Waals surface area contributed by atoms with E-state index in [2.05, 4.69) is 5.32 Å². The van der Waals surface area contributed by atoms with Crippen molar-refractivity contribution in [3.05, 3.63) is 35.9 Å².